The maximum Gasteiger partial charge on any atom is 0.309 e. The summed E-state index contributed by atoms with van der Waals surface area (Å²) in [6.45, 7) is 12.6. The third kappa shape index (κ3) is 6.47. The third-order valence-corrected chi connectivity index (χ3v) is 8.34. The molecule has 0 unspecified atom stereocenters. The highest BCUT2D eigenvalue weighted by atomic mass is 32.1. The molecule has 0 saturated carbocycles. The first kappa shape index (κ1) is 27.7. The van der Waals surface area contributed by atoms with Crippen LogP contribution in [-0.4, -0.2) is 57.0 Å². The Bertz CT molecular complexity index is 1010. The molecule has 0 amide bonds. The van der Waals surface area contributed by atoms with Gasteiger partial charge < -0.3 is 19.7 Å². The predicted octanol–water partition coefficient (Wildman–Crippen LogP) is 4.40. The number of aromatic nitrogens is 1. The van der Waals surface area contributed by atoms with Crippen LogP contribution in [0.3, 0.4) is 0 Å². The number of aliphatic hydroxyl groups excluding tert-OH is 2. The number of nitrogens with zero attached hydrogens (tertiary/aromatic N) is 1. The summed E-state index contributed by atoms with van der Waals surface area (Å²) in [5.41, 5.74) is 0.809. The molecule has 8 heteroatoms. The van der Waals surface area contributed by atoms with Crippen LogP contribution >= 0.6 is 11.3 Å². The molecule has 6 atom stereocenters. The summed E-state index contributed by atoms with van der Waals surface area (Å²) in [5, 5.41) is 24.5. The van der Waals surface area contributed by atoms with Crippen molar-refractivity contribution in [2.45, 2.75) is 104 Å². The third-order valence-electron chi connectivity index (χ3n) is 7.55. The number of esters is 1. The Kier molecular flexibility index (Phi) is 8.41. The van der Waals surface area contributed by atoms with E-state index in [9.17, 15) is 19.8 Å². The van der Waals surface area contributed by atoms with Crippen molar-refractivity contribution in [3.05, 3.63) is 33.3 Å². The van der Waals surface area contributed by atoms with E-state index in [0.29, 0.717) is 12.8 Å². The van der Waals surface area contributed by atoms with Crippen LogP contribution < -0.4 is 0 Å². The molecule has 0 spiro atoms. The lowest BCUT2D eigenvalue weighted by molar-refractivity contribution is -0.154. The molecule has 2 aliphatic heterocycles. The summed E-state index contributed by atoms with van der Waals surface area (Å²) in [4.78, 5) is 30.6. The van der Waals surface area contributed by atoms with Crippen molar-refractivity contribution in [2.24, 2.45) is 11.3 Å². The Labute approximate surface area is 212 Å². The predicted molar refractivity (Wildman–Crippen MR) is 136 cm³/mol. The van der Waals surface area contributed by atoms with Gasteiger partial charge in [0.2, 0.25) is 0 Å². The molecule has 1 aromatic rings. The van der Waals surface area contributed by atoms with Crippen LogP contribution in [0.5, 0.6) is 0 Å². The second-order valence-corrected chi connectivity index (χ2v) is 11.9. The van der Waals surface area contributed by atoms with Crippen LogP contribution in [0.4, 0.5) is 0 Å². The van der Waals surface area contributed by atoms with E-state index in [1.807, 2.05) is 45.2 Å². The second-order valence-electron chi connectivity index (χ2n) is 10.8. The molecule has 3 heterocycles. The standard InChI is InChI=1S/C27H39NO6S/c1-15-9-8-10-27(7)22(34-27)12-20(16(2)11-19-14-35-18(4)28-19)33-23(30)13-21(29)26(5,6)25(32)17(3)24(15)31/h9,11,14,17,20-22,24,29,31H,8,10,12-13H2,1-7H3/b15-9+,16-11?/t17-,20+,21+,22+,24+,27-/m1/s1. The lowest BCUT2D eigenvalue weighted by Gasteiger charge is -2.33. The van der Waals surface area contributed by atoms with E-state index < -0.39 is 35.6 Å². The number of rotatable bonds is 2. The monoisotopic (exact) mass is 505 g/mol. The average molecular weight is 506 g/mol. The summed E-state index contributed by atoms with van der Waals surface area (Å²) < 4.78 is 11.9. The highest BCUT2D eigenvalue weighted by Crippen LogP contribution is 2.44. The van der Waals surface area contributed by atoms with E-state index in [0.717, 1.165) is 28.3 Å². The van der Waals surface area contributed by atoms with Gasteiger partial charge in [-0.1, -0.05) is 26.8 Å². The van der Waals surface area contributed by atoms with Gasteiger partial charge in [0.05, 0.1) is 46.5 Å². The van der Waals surface area contributed by atoms with Gasteiger partial charge in [-0.2, -0.15) is 0 Å². The molecular weight excluding hydrogens is 466 g/mol. The summed E-state index contributed by atoms with van der Waals surface area (Å²) >= 11 is 1.55. The first-order valence-corrected chi connectivity index (χ1v) is 13.2. The van der Waals surface area contributed by atoms with Gasteiger partial charge in [-0.3, -0.25) is 9.59 Å². The summed E-state index contributed by atoms with van der Waals surface area (Å²) in [6, 6.07) is 0. The number of aliphatic hydroxyl groups is 2. The molecule has 0 radical (unpaired) electrons. The SMILES string of the molecule is CC(=Cc1csc(C)n1)[C@@H]1C[C@@H]2O[C@]2(C)CC/C=C(\C)[C@H](O)[C@@H](C)C(=O)C(C)(C)[C@@H](O)CC(=O)O1. The largest absolute Gasteiger partial charge is 0.458 e. The number of allylic oxidation sites excluding steroid dienone is 1. The highest BCUT2D eigenvalue weighted by Gasteiger charge is 2.52. The maximum absolute atomic E-state index is 13.2. The molecule has 194 valence electrons. The van der Waals surface area contributed by atoms with E-state index >= 15 is 0 Å². The molecule has 2 aliphatic rings. The first-order chi connectivity index (χ1) is 16.2. The van der Waals surface area contributed by atoms with Crippen LogP contribution in [-0.2, 0) is 19.1 Å². The van der Waals surface area contributed by atoms with Gasteiger partial charge in [-0.05, 0) is 57.8 Å². The van der Waals surface area contributed by atoms with Gasteiger partial charge in [0, 0.05) is 17.7 Å². The number of Topliss-reactive ketones (excluding diaryl/α,β-unsaturated/α-hetero) is 1. The number of carbonyl (C=O) groups is 2. The van der Waals surface area contributed by atoms with Gasteiger partial charge in [0.15, 0.2) is 0 Å². The topological polar surface area (TPSA) is 109 Å². The number of fused-ring (bicyclic) bond motifs is 1. The number of ether oxygens (including phenoxy) is 2. The van der Waals surface area contributed by atoms with Gasteiger partial charge in [-0.15, -0.1) is 11.3 Å². The van der Waals surface area contributed by atoms with E-state index in [2.05, 4.69) is 4.98 Å². The fraction of sp³-hybridized carbons (Fsp3) is 0.667. The number of carbonyl (C=O) groups excluding carboxylic acids is 2. The van der Waals surface area contributed by atoms with Crippen LogP contribution in [0.1, 0.15) is 77.9 Å². The molecular formula is C27H39NO6S. The highest BCUT2D eigenvalue weighted by molar-refractivity contribution is 7.09. The Morgan fingerprint density at radius 3 is 2.54 bits per heavy atom. The molecule has 7 nitrogen and oxygen atoms in total. The molecule has 1 aromatic heterocycles. The zero-order valence-electron chi connectivity index (χ0n) is 21.8. The minimum absolute atomic E-state index is 0.0748. The Morgan fingerprint density at radius 1 is 1.23 bits per heavy atom. The van der Waals surface area contributed by atoms with E-state index in [-0.39, 0.29) is 23.9 Å². The zero-order chi connectivity index (χ0) is 26.1. The minimum Gasteiger partial charge on any atom is -0.458 e. The summed E-state index contributed by atoms with van der Waals surface area (Å²) in [7, 11) is 0. The van der Waals surface area contributed by atoms with Crippen molar-refractivity contribution in [1.29, 1.82) is 0 Å². The van der Waals surface area contributed by atoms with E-state index in [4.69, 9.17) is 9.47 Å². The first-order valence-electron chi connectivity index (χ1n) is 12.3. The molecule has 0 bridgehead atoms. The smallest absolute Gasteiger partial charge is 0.309 e. The molecule has 0 aliphatic carbocycles. The van der Waals surface area contributed by atoms with Gasteiger partial charge >= 0.3 is 5.97 Å². The van der Waals surface area contributed by atoms with Crippen LogP contribution in [0.2, 0.25) is 0 Å². The second kappa shape index (κ2) is 10.6. The Hall–Kier alpha value is -1.87. The number of hydrogen-bond acceptors (Lipinski definition) is 8. The fourth-order valence-electron chi connectivity index (χ4n) is 4.72. The maximum atomic E-state index is 13.2. The average Bonchev–Trinajstić information content (AvgIpc) is 3.22. The van der Waals surface area contributed by atoms with Crippen LogP contribution in [0.25, 0.3) is 6.08 Å². The summed E-state index contributed by atoms with van der Waals surface area (Å²) in [5.74, 6) is -1.60. The normalized spacial score (nSPS) is 36.7. The minimum atomic E-state index is -1.25. The van der Waals surface area contributed by atoms with Crippen LogP contribution in [0, 0.1) is 18.3 Å². The van der Waals surface area contributed by atoms with Crippen molar-refractivity contribution in [3.8, 4) is 0 Å². The number of ketones is 1. The van der Waals surface area contributed by atoms with Gasteiger partial charge in [-0.25, -0.2) is 4.98 Å². The Morgan fingerprint density at radius 2 is 1.91 bits per heavy atom. The lowest BCUT2D eigenvalue weighted by Crippen LogP contribution is -2.44. The Balaban J connectivity index is 1.89. The van der Waals surface area contributed by atoms with E-state index in [1.165, 1.54) is 0 Å². The number of hydrogen-bond donors (Lipinski definition) is 2. The van der Waals surface area contributed by atoms with Crippen molar-refractivity contribution in [3.63, 3.8) is 0 Å². The number of cyclic esters (lactones) is 1. The van der Waals surface area contributed by atoms with Gasteiger partial charge in [0.1, 0.15) is 11.9 Å². The molecule has 0 aromatic carbocycles. The fourth-order valence-corrected chi connectivity index (χ4v) is 5.29. The number of epoxide rings is 1. The zero-order valence-corrected chi connectivity index (χ0v) is 22.6. The van der Waals surface area contributed by atoms with Gasteiger partial charge in [0.25, 0.3) is 0 Å². The van der Waals surface area contributed by atoms with Crippen molar-refractivity contribution < 1.29 is 29.3 Å². The molecule has 1 saturated heterocycles. The quantitative estimate of drug-likeness (QED) is 0.348. The van der Waals surface area contributed by atoms with E-state index in [1.54, 1.807) is 32.1 Å². The summed E-state index contributed by atoms with van der Waals surface area (Å²) in [6.07, 6.45) is 2.69. The van der Waals surface area contributed by atoms with Crippen molar-refractivity contribution in [2.75, 3.05) is 0 Å². The van der Waals surface area contributed by atoms with Crippen molar-refractivity contribution in [1.82, 2.24) is 4.98 Å². The van der Waals surface area contributed by atoms with Crippen molar-refractivity contribution >= 4 is 29.2 Å². The number of aryl methyl sites for hydroxylation is 1. The molecule has 1 fully saturated rings. The molecule has 2 N–H and O–H groups in total. The molecule has 35 heavy (non-hydrogen) atoms. The molecule has 3 rings (SSSR count). The number of thiazole rings is 1. The lowest BCUT2D eigenvalue weighted by atomic mass is 9.74. The van der Waals surface area contributed by atoms with Crippen LogP contribution in [0.15, 0.2) is 22.6 Å².